The molecular formula is C13H14ClN3O2. The first-order valence-electron chi connectivity index (χ1n) is 5.91. The first-order chi connectivity index (χ1) is 8.99. The van der Waals surface area contributed by atoms with Crippen molar-refractivity contribution in [3.8, 4) is 11.3 Å². The van der Waals surface area contributed by atoms with Gasteiger partial charge >= 0.3 is 5.97 Å². The standard InChI is InChI=1S/C13H14ClN3O2/c1-8(2)7-17-12(11(13(18)19)15-16-17)9-4-3-5-10(14)6-9/h3-6,8H,7H2,1-2H3,(H,18,19). The molecule has 0 spiro atoms. The van der Waals surface area contributed by atoms with E-state index in [9.17, 15) is 9.90 Å². The van der Waals surface area contributed by atoms with E-state index in [0.717, 1.165) is 0 Å². The van der Waals surface area contributed by atoms with E-state index in [4.69, 9.17) is 11.6 Å². The lowest BCUT2D eigenvalue weighted by atomic mass is 10.1. The van der Waals surface area contributed by atoms with Crippen LogP contribution < -0.4 is 0 Å². The number of hydrogen-bond donors (Lipinski definition) is 1. The summed E-state index contributed by atoms with van der Waals surface area (Å²) in [4.78, 5) is 11.2. The second-order valence-corrected chi connectivity index (χ2v) is 5.11. The molecule has 1 aromatic heterocycles. The third kappa shape index (κ3) is 2.93. The lowest BCUT2D eigenvalue weighted by Gasteiger charge is -2.09. The molecule has 2 aromatic rings. The van der Waals surface area contributed by atoms with Crippen LogP contribution in [0.25, 0.3) is 11.3 Å². The van der Waals surface area contributed by atoms with Crippen molar-refractivity contribution in [3.05, 3.63) is 35.0 Å². The van der Waals surface area contributed by atoms with Gasteiger partial charge in [-0.2, -0.15) is 0 Å². The van der Waals surface area contributed by atoms with Crippen molar-refractivity contribution in [2.24, 2.45) is 5.92 Å². The summed E-state index contributed by atoms with van der Waals surface area (Å²) in [5.41, 5.74) is 1.14. The predicted molar refractivity (Wildman–Crippen MR) is 72.3 cm³/mol. The van der Waals surface area contributed by atoms with Gasteiger partial charge in [0.2, 0.25) is 0 Å². The lowest BCUT2D eigenvalue weighted by molar-refractivity contribution is 0.0691. The largest absolute Gasteiger partial charge is 0.476 e. The number of nitrogens with zero attached hydrogens (tertiary/aromatic N) is 3. The van der Waals surface area contributed by atoms with E-state index in [2.05, 4.69) is 10.3 Å². The van der Waals surface area contributed by atoms with E-state index in [1.54, 1.807) is 28.9 Å². The fraction of sp³-hybridized carbons (Fsp3) is 0.308. The third-order valence-corrected chi connectivity index (χ3v) is 2.81. The van der Waals surface area contributed by atoms with Crippen LogP contribution in [0.4, 0.5) is 0 Å². The van der Waals surface area contributed by atoms with Crippen LogP contribution in [-0.4, -0.2) is 26.1 Å². The minimum atomic E-state index is -1.09. The van der Waals surface area contributed by atoms with Crippen molar-refractivity contribution >= 4 is 17.6 Å². The molecule has 0 unspecified atom stereocenters. The van der Waals surface area contributed by atoms with Crippen LogP contribution in [0.5, 0.6) is 0 Å². The Morgan fingerprint density at radius 3 is 2.79 bits per heavy atom. The van der Waals surface area contributed by atoms with Gasteiger partial charge in [0.25, 0.3) is 0 Å². The Morgan fingerprint density at radius 2 is 2.21 bits per heavy atom. The highest BCUT2D eigenvalue weighted by molar-refractivity contribution is 6.30. The van der Waals surface area contributed by atoms with Gasteiger partial charge in [-0.05, 0) is 18.1 Å². The number of hydrogen-bond acceptors (Lipinski definition) is 3. The molecular weight excluding hydrogens is 266 g/mol. The molecule has 0 radical (unpaired) electrons. The van der Waals surface area contributed by atoms with Crippen molar-refractivity contribution in [2.75, 3.05) is 0 Å². The summed E-state index contributed by atoms with van der Waals surface area (Å²) in [5, 5.41) is 17.4. The van der Waals surface area contributed by atoms with Crippen LogP contribution in [0.1, 0.15) is 24.3 Å². The number of rotatable bonds is 4. The number of aromatic nitrogens is 3. The van der Waals surface area contributed by atoms with Crippen LogP contribution in [0.15, 0.2) is 24.3 Å². The van der Waals surface area contributed by atoms with Gasteiger partial charge < -0.3 is 5.11 Å². The summed E-state index contributed by atoms with van der Waals surface area (Å²) < 4.78 is 1.61. The maximum Gasteiger partial charge on any atom is 0.358 e. The molecule has 19 heavy (non-hydrogen) atoms. The van der Waals surface area contributed by atoms with Gasteiger partial charge in [0.1, 0.15) is 5.69 Å². The highest BCUT2D eigenvalue weighted by Crippen LogP contribution is 2.25. The van der Waals surface area contributed by atoms with Gasteiger partial charge in [0.05, 0.1) is 0 Å². The molecule has 0 aliphatic carbocycles. The minimum Gasteiger partial charge on any atom is -0.476 e. The Morgan fingerprint density at radius 1 is 1.47 bits per heavy atom. The lowest BCUT2D eigenvalue weighted by Crippen LogP contribution is -2.09. The van der Waals surface area contributed by atoms with Crippen molar-refractivity contribution in [1.29, 1.82) is 0 Å². The maximum atomic E-state index is 11.2. The fourth-order valence-electron chi connectivity index (χ4n) is 1.85. The van der Waals surface area contributed by atoms with Crippen LogP contribution in [0, 0.1) is 5.92 Å². The number of carbonyl (C=O) groups is 1. The molecule has 0 aliphatic heterocycles. The van der Waals surface area contributed by atoms with E-state index in [-0.39, 0.29) is 5.69 Å². The Labute approximate surface area is 115 Å². The number of aromatic carboxylic acids is 1. The molecule has 0 amide bonds. The molecule has 100 valence electrons. The molecule has 0 atom stereocenters. The van der Waals surface area contributed by atoms with E-state index in [1.165, 1.54) is 0 Å². The van der Waals surface area contributed by atoms with Gasteiger partial charge in [-0.1, -0.05) is 42.8 Å². The Bertz CT molecular complexity index is 608. The second-order valence-electron chi connectivity index (χ2n) is 4.68. The monoisotopic (exact) mass is 279 g/mol. The molecule has 5 nitrogen and oxygen atoms in total. The van der Waals surface area contributed by atoms with E-state index in [0.29, 0.717) is 28.7 Å². The molecule has 6 heteroatoms. The number of carboxylic acid groups (broad SMARTS) is 1. The summed E-state index contributed by atoms with van der Waals surface area (Å²) in [5.74, 6) is -0.758. The first kappa shape index (κ1) is 13.5. The topological polar surface area (TPSA) is 68.0 Å². The molecule has 1 heterocycles. The average Bonchev–Trinajstić information content (AvgIpc) is 2.71. The summed E-state index contributed by atoms with van der Waals surface area (Å²) in [7, 11) is 0. The van der Waals surface area contributed by atoms with Crippen LogP contribution >= 0.6 is 11.6 Å². The van der Waals surface area contributed by atoms with Crippen LogP contribution in [0.2, 0.25) is 5.02 Å². The van der Waals surface area contributed by atoms with Gasteiger partial charge in [-0.15, -0.1) is 5.10 Å². The molecule has 1 N–H and O–H groups in total. The van der Waals surface area contributed by atoms with E-state index < -0.39 is 5.97 Å². The zero-order valence-corrected chi connectivity index (χ0v) is 11.4. The van der Waals surface area contributed by atoms with Crippen molar-refractivity contribution in [1.82, 2.24) is 15.0 Å². The summed E-state index contributed by atoms with van der Waals surface area (Å²) in [6.07, 6.45) is 0. The molecule has 0 aliphatic rings. The van der Waals surface area contributed by atoms with Gasteiger partial charge in [-0.25, -0.2) is 9.48 Å². The molecule has 0 bridgehead atoms. The highest BCUT2D eigenvalue weighted by Gasteiger charge is 2.21. The molecule has 2 rings (SSSR count). The van der Waals surface area contributed by atoms with Crippen LogP contribution in [0.3, 0.4) is 0 Å². The fourth-order valence-corrected chi connectivity index (χ4v) is 2.04. The zero-order chi connectivity index (χ0) is 14.0. The van der Waals surface area contributed by atoms with Gasteiger partial charge in [0.15, 0.2) is 5.69 Å². The SMILES string of the molecule is CC(C)Cn1nnc(C(=O)O)c1-c1cccc(Cl)c1. The normalized spacial score (nSPS) is 10.9. The summed E-state index contributed by atoms with van der Waals surface area (Å²) >= 11 is 5.95. The second kappa shape index (κ2) is 5.40. The Hall–Kier alpha value is -1.88. The van der Waals surface area contributed by atoms with Gasteiger partial charge in [-0.3, -0.25) is 0 Å². The number of benzene rings is 1. The van der Waals surface area contributed by atoms with Crippen LogP contribution in [-0.2, 0) is 6.54 Å². The number of halogens is 1. The van der Waals surface area contributed by atoms with Gasteiger partial charge in [0, 0.05) is 17.1 Å². The van der Waals surface area contributed by atoms with E-state index in [1.807, 2.05) is 13.8 Å². The average molecular weight is 280 g/mol. The van der Waals surface area contributed by atoms with E-state index >= 15 is 0 Å². The molecule has 0 fully saturated rings. The highest BCUT2D eigenvalue weighted by atomic mass is 35.5. The van der Waals surface area contributed by atoms with Crippen molar-refractivity contribution in [3.63, 3.8) is 0 Å². The minimum absolute atomic E-state index is 0.0529. The molecule has 1 aromatic carbocycles. The quantitative estimate of drug-likeness (QED) is 0.934. The van der Waals surface area contributed by atoms with Crippen molar-refractivity contribution in [2.45, 2.75) is 20.4 Å². The molecule has 0 saturated heterocycles. The summed E-state index contributed by atoms with van der Waals surface area (Å²) in [6, 6.07) is 7.02. The third-order valence-electron chi connectivity index (χ3n) is 2.57. The summed E-state index contributed by atoms with van der Waals surface area (Å²) in [6.45, 7) is 4.66. The Balaban J connectivity index is 2.57. The first-order valence-corrected chi connectivity index (χ1v) is 6.29. The van der Waals surface area contributed by atoms with Crippen molar-refractivity contribution < 1.29 is 9.90 Å². The predicted octanol–water partition coefficient (Wildman–Crippen LogP) is 2.95. The number of carboxylic acids is 1. The zero-order valence-electron chi connectivity index (χ0n) is 10.7. The smallest absolute Gasteiger partial charge is 0.358 e. The Kier molecular flexibility index (Phi) is 3.85. The maximum absolute atomic E-state index is 11.2. The molecule has 0 saturated carbocycles.